The molecule has 4 nitrogen and oxygen atoms in total. The monoisotopic (exact) mass is 356 g/mol. The molecule has 25 heavy (non-hydrogen) atoms. The van der Waals surface area contributed by atoms with Crippen LogP contribution in [0.15, 0.2) is 54.6 Å². The van der Waals surface area contributed by atoms with Gasteiger partial charge in [-0.25, -0.2) is 0 Å². The molecule has 0 saturated carbocycles. The van der Waals surface area contributed by atoms with Crippen LogP contribution in [0.1, 0.15) is 30.5 Å². The van der Waals surface area contributed by atoms with E-state index in [4.69, 9.17) is 11.6 Å². The van der Waals surface area contributed by atoms with E-state index in [-0.39, 0.29) is 30.2 Å². The number of nitrogens with one attached hydrogen (secondary N) is 1. The van der Waals surface area contributed by atoms with Crippen molar-refractivity contribution in [2.75, 3.05) is 6.54 Å². The predicted octanol–water partition coefficient (Wildman–Crippen LogP) is 3.57. The zero-order valence-electron chi connectivity index (χ0n) is 14.1. The van der Waals surface area contributed by atoms with Crippen molar-refractivity contribution in [3.63, 3.8) is 0 Å². The van der Waals surface area contributed by atoms with Crippen molar-refractivity contribution < 1.29 is 9.59 Å². The molecule has 3 rings (SSSR count). The van der Waals surface area contributed by atoms with Crippen LogP contribution in [0, 0.1) is 5.92 Å². The van der Waals surface area contributed by atoms with Gasteiger partial charge in [0.1, 0.15) is 0 Å². The fourth-order valence-corrected chi connectivity index (χ4v) is 3.25. The van der Waals surface area contributed by atoms with Crippen molar-refractivity contribution in [1.29, 1.82) is 0 Å². The fourth-order valence-electron chi connectivity index (χ4n) is 3.13. The van der Waals surface area contributed by atoms with Crippen LogP contribution in [0.5, 0.6) is 0 Å². The van der Waals surface area contributed by atoms with Gasteiger partial charge in [-0.2, -0.15) is 0 Å². The first-order valence-corrected chi connectivity index (χ1v) is 8.79. The molecule has 0 spiro atoms. The summed E-state index contributed by atoms with van der Waals surface area (Å²) in [5, 5.41) is 3.59. The maximum atomic E-state index is 12.4. The molecule has 0 aromatic heterocycles. The minimum absolute atomic E-state index is 0.0252. The molecule has 2 amide bonds. The summed E-state index contributed by atoms with van der Waals surface area (Å²) in [6.07, 6.45) is 0.267. The lowest BCUT2D eigenvalue weighted by Gasteiger charge is -2.25. The largest absolute Gasteiger partial charge is 0.352 e. The standard InChI is InChI=1S/C20H21ClN2O2/c1-14(16-5-3-2-4-6-16)23-13-17(11-19(23)24)20(25)22-12-15-7-9-18(21)10-8-15/h2-10,14,17H,11-13H2,1H3,(H,22,25)/t14-,17-/m1/s1. The average molecular weight is 357 g/mol. The van der Waals surface area contributed by atoms with Crippen LogP contribution < -0.4 is 5.32 Å². The van der Waals surface area contributed by atoms with Crippen LogP contribution >= 0.6 is 11.6 Å². The van der Waals surface area contributed by atoms with Gasteiger partial charge >= 0.3 is 0 Å². The molecule has 0 bridgehead atoms. The van der Waals surface area contributed by atoms with Crippen molar-refractivity contribution in [3.8, 4) is 0 Å². The Bertz CT molecular complexity index is 746. The molecule has 1 fully saturated rings. The predicted molar refractivity (Wildman–Crippen MR) is 98.0 cm³/mol. The highest BCUT2D eigenvalue weighted by molar-refractivity contribution is 6.30. The Balaban J connectivity index is 1.58. The second-order valence-corrected chi connectivity index (χ2v) is 6.81. The van der Waals surface area contributed by atoms with E-state index in [0.717, 1.165) is 11.1 Å². The normalized spacial score (nSPS) is 18.2. The SMILES string of the molecule is C[C@H](c1ccccc1)N1C[C@H](C(=O)NCc2ccc(Cl)cc2)CC1=O. The molecule has 1 N–H and O–H groups in total. The molecule has 130 valence electrons. The molecule has 2 atom stereocenters. The van der Waals surface area contributed by atoms with Crippen molar-refractivity contribution in [2.45, 2.75) is 25.9 Å². The number of halogens is 1. The van der Waals surface area contributed by atoms with Gasteiger partial charge in [0.2, 0.25) is 11.8 Å². The Morgan fingerprint density at radius 1 is 1.20 bits per heavy atom. The first kappa shape index (κ1) is 17.5. The highest BCUT2D eigenvalue weighted by Crippen LogP contribution is 2.28. The Morgan fingerprint density at radius 2 is 1.88 bits per heavy atom. The number of hydrogen-bond donors (Lipinski definition) is 1. The molecule has 2 aromatic carbocycles. The topological polar surface area (TPSA) is 49.4 Å². The summed E-state index contributed by atoms with van der Waals surface area (Å²) in [4.78, 5) is 26.6. The summed E-state index contributed by atoms with van der Waals surface area (Å²) in [6, 6.07) is 17.2. The number of hydrogen-bond acceptors (Lipinski definition) is 2. The smallest absolute Gasteiger partial charge is 0.225 e. The van der Waals surface area contributed by atoms with Crippen molar-refractivity contribution in [1.82, 2.24) is 10.2 Å². The molecule has 1 aliphatic rings. The second kappa shape index (κ2) is 7.70. The number of benzene rings is 2. The third-order valence-electron chi connectivity index (χ3n) is 4.66. The number of nitrogens with zero attached hydrogens (tertiary/aromatic N) is 1. The van der Waals surface area contributed by atoms with Crippen LogP contribution in [0.2, 0.25) is 5.02 Å². The fraction of sp³-hybridized carbons (Fsp3) is 0.300. The van der Waals surface area contributed by atoms with Crippen LogP contribution in [0.25, 0.3) is 0 Å². The van der Waals surface area contributed by atoms with Crippen molar-refractivity contribution in [2.24, 2.45) is 5.92 Å². The minimum atomic E-state index is -0.300. The van der Waals surface area contributed by atoms with Gasteiger partial charge in [-0.15, -0.1) is 0 Å². The van der Waals surface area contributed by atoms with Gasteiger partial charge in [0.05, 0.1) is 12.0 Å². The van der Waals surface area contributed by atoms with E-state index in [1.54, 1.807) is 17.0 Å². The maximum Gasteiger partial charge on any atom is 0.225 e. The number of carbonyl (C=O) groups excluding carboxylic acids is 2. The van der Waals surface area contributed by atoms with E-state index in [2.05, 4.69) is 5.32 Å². The molecule has 0 aliphatic carbocycles. The summed E-state index contributed by atoms with van der Waals surface area (Å²) >= 11 is 5.86. The minimum Gasteiger partial charge on any atom is -0.352 e. The van der Waals surface area contributed by atoms with Crippen molar-refractivity contribution in [3.05, 3.63) is 70.7 Å². The van der Waals surface area contributed by atoms with Gasteiger partial charge in [-0.1, -0.05) is 54.1 Å². The van der Waals surface area contributed by atoms with E-state index < -0.39 is 0 Å². The van der Waals surface area contributed by atoms with Crippen LogP contribution in [-0.4, -0.2) is 23.3 Å². The van der Waals surface area contributed by atoms with Crippen molar-refractivity contribution >= 4 is 23.4 Å². The number of likely N-dealkylation sites (tertiary alicyclic amines) is 1. The Kier molecular flexibility index (Phi) is 5.39. The molecular formula is C20H21ClN2O2. The average Bonchev–Trinajstić information content (AvgIpc) is 3.03. The first-order chi connectivity index (χ1) is 12.0. The highest BCUT2D eigenvalue weighted by atomic mass is 35.5. The van der Waals surface area contributed by atoms with Crippen LogP contribution in [0.3, 0.4) is 0 Å². The van der Waals surface area contributed by atoms with Gasteiger partial charge < -0.3 is 10.2 Å². The first-order valence-electron chi connectivity index (χ1n) is 8.41. The number of carbonyl (C=O) groups is 2. The summed E-state index contributed by atoms with van der Waals surface area (Å²) in [7, 11) is 0. The number of amides is 2. The molecule has 0 radical (unpaired) electrons. The molecule has 5 heteroatoms. The van der Waals surface area contributed by atoms with Gasteiger partial charge in [0.25, 0.3) is 0 Å². The second-order valence-electron chi connectivity index (χ2n) is 6.38. The summed E-state index contributed by atoms with van der Waals surface area (Å²) < 4.78 is 0. The molecule has 2 aromatic rings. The number of rotatable bonds is 5. The lowest BCUT2D eigenvalue weighted by Crippen LogP contribution is -2.33. The quantitative estimate of drug-likeness (QED) is 0.890. The van der Waals surface area contributed by atoms with E-state index >= 15 is 0 Å². The zero-order valence-corrected chi connectivity index (χ0v) is 14.9. The summed E-state index contributed by atoms with van der Waals surface area (Å²) in [5.74, 6) is -0.347. The third kappa shape index (κ3) is 4.20. The van der Waals surface area contributed by atoms with E-state index in [1.165, 1.54) is 0 Å². The Morgan fingerprint density at radius 3 is 2.56 bits per heavy atom. The lowest BCUT2D eigenvalue weighted by atomic mass is 10.1. The van der Waals surface area contributed by atoms with E-state index in [1.807, 2.05) is 49.4 Å². The van der Waals surface area contributed by atoms with Gasteiger partial charge in [-0.3, -0.25) is 9.59 Å². The molecule has 1 saturated heterocycles. The van der Waals surface area contributed by atoms with Crippen LogP contribution in [-0.2, 0) is 16.1 Å². The molecule has 1 aliphatic heterocycles. The van der Waals surface area contributed by atoms with Gasteiger partial charge in [0, 0.05) is 24.5 Å². The van der Waals surface area contributed by atoms with Gasteiger partial charge in [-0.05, 0) is 30.2 Å². The summed E-state index contributed by atoms with van der Waals surface area (Å²) in [6.45, 7) is 2.90. The lowest BCUT2D eigenvalue weighted by molar-refractivity contribution is -0.130. The highest BCUT2D eigenvalue weighted by Gasteiger charge is 2.36. The van der Waals surface area contributed by atoms with E-state index in [0.29, 0.717) is 18.1 Å². The van der Waals surface area contributed by atoms with E-state index in [9.17, 15) is 9.59 Å². The Labute approximate surface area is 152 Å². The zero-order chi connectivity index (χ0) is 17.8. The van der Waals surface area contributed by atoms with Gasteiger partial charge in [0.15, 0.2) is 0 Å². The summed E-state index contributed by atoms with van der Waals surface area (Å²) in [5.41, 5.74) is 2.06. The Hall–Kier alpha value is -2.33. The van der Waals surface area contributed by atoms with Crippen LogP contribution in [0.4, 0.5) is 0 Å². The maximum absolute atomic E-state index is 12.4. The molecule has 1 heterocycles. The molecule has 0 unspecified atom stereocenters. The third-order valence-corrected chi connectivity index (χ3v) is 4.91. The molecular weight excluding hydrogens is 336 g/mol.